The molecule has 0 saturated carbocycles. The van der Waals surface area contributed by atoms with Crippen LogP contribution in [0.15, 0.2) is 58.1 Å². The molecule has 0 fully saturated rings. The minimum absolute atomic E-state index is 0.0279. The summed E-state index contributed by atoms with van der Waals surface area (Å²) in [6.45, 7) is 0. The molecule has 22 heavy (non-hydrogen) atoms. The van der Waals surface area contributed by atoms with Gasteiger partial charge in [-0.2, -0.15) is 10.2 Å². The lowest BCUT2D eigenvalue weighted by Crippen LogP contribution is -2.15. The minimum atomic E-state index is -0.849. The van der Waals surface area contributed by atoms with Crippen molar-refractivity contribution < 1.29 is 19.4 Å². The van der Waals surface area contributed by atoms with Crippen LogP contribution in [0.2, 0.25) is 0 Å². The number of allylic oxidation sites excluding steroid dienone is 6. The third kappa shape index (κ3) is 3.12. The third-order valence-corrected chi connectivity index (χ3v) is 2.56. The second kappa shape index (κ2) is 5.83. The first kappa shape index (κ1) is 14.8. The first-order valence-electron chi connectivity index (χ1n) is 5.71. The van der Waals surface area contributed by atoms with Crippen LogP contribution in [0.1, 0.15) is 0 Å². The Hall–Kier alpha value is -3.56. The fraction of sp³-hybridized carbons (Fsp3) is 0. The molecule has 10 nitrogen and oxygen atoms in total. The summed E-state index contributed by atoms with van der Waals surface area (Å²) >= 11 is 0. The summed E-state index contributed by atoms with van der Waals surface area (Å²) in [6.07, 6.45) is 6.24. The van der Waals surface area contributed by atoms with Crippen molar-refractivity contribution in [2.45, 2.75) is 0 Å². The van der Waals surface area contributed by atoms with Crippen LogP contribution < -0.4 is 0 Å². The summed E-state index contributed by atoms with van der Waals surface area (Å²) in [5.74, 6) is -1.54. The van der Waals surface area contributed by atoms with Crippen molar-refractivity contribution in [2.75, 3.05) is 0 Å². The topological polar surface area (TPSA) is 145 Å². The molecule has 0 saturated heterocycles. The molecule has 2 aliphatic carbocycles. The van der Waals surface area contributed by atoms with Gasteiger partial charge in [-0.3, -0.25) is 29.8 Å². The van der Waals surface area contributed by atoms with Crippen molar-refractivity contribution >= 4 is 23.0 Å². The van der Waals surface area contributed by atoms with Crippen LogP contribution in [0.5, 0.6) is 0 Å². The lowest BCUT2D eigenvalue weighted by molar-refractivity contribution is -0.418. The van der Waals surface area contributed by atoms with E-state index in [9.17, 15) is 29.8 Å². The monoisotopic (exact) mass is 302 g/mol. The molecule has 0 bridgehead atoms. The van der Waals surface area contributed by atoms with E-state index in [1.165, 1.54) is 12.2 Å². The molecule has 2 rings (SSSR count). The Bertz CT molecular complexity index is 715. The molecule has 0 unspecified atom stereocenters. The zero-order chi connectivity index (χ0) is 16.3. The van der Waals surface area contributed by atoms with Gasteiger partial charge in [0.1, 0.15) is 0 Å². The smallest absolute Gasteiger partial charge is 0.282 e. The maximum absolute atomic E-state index is 11.2. The van der Waals surface area contributed by atoms with Gasteiger partial charge in [-0.1, -0.05) is 0 Å². The Balaban J connectivity index is 2.31. The number of hydrogen-bond donors (Lipinski definition) is 0. The maximum Gasteiger partial charge on any atom is 0.318 e. The fourth-order valence-electron chi connectivity index (χ4n) is 1.54. The van der Waals surface area contributed by atoms with Crippen LogP contribution in [-0.2, 0) is 9.59 Å². The predicted octanol–water partition coefficient (Wildman–Crippen LogP) is 0.382. The SMILES string of the molecule is O=C1C=C/C(=N/N=C2/C=CC(=O)C([N+](=O)[O-])=C2)C=C1[N+](=O)[O-]. The van der Waals surface area contributed by atoms with Gasteiger partial charge in [0, 0.05) is 12.2 Å². The average Bonchev–Trinajstić information content (AvgIpc) is 2.47. The van der Waals surface area contributed by atoms with Gasteiger partial charge in [-0.25, -0.2) is 0 Å². The van der Waals surface area contributed by atoms with Crippen LogP contribution in [0.25, 0.3) is 0 Å². The average molecular weight is 302 g/mol. The second-order valence-electron chi connectivity index (χ2n) is 4.02. The quantitative estimate of drug-likeness (QED) is 0.418. The summed E-state index contributed by atoms with van der Waals surface area (Å²) in [5.41, 5.74) is -1.25. The van der Waals surface area contributed by atoms with Crippen molar-refractivity contribution in [1.29, 1.82) is 0 Å². The number of carbonyl (C=O) groups excluding carboxylic acids is 2. The van der Waals surface area contributed by atoms with Gasteiger partial charge in [-0.05, 0) is 24.3 Å². The van der Waals surface area contributed by atoms with Gasteiger partial charge in [0.2, 0.25) is 0 Å². The van der Waals surface area contributed by atoms with E-state index < -0.39 is 32.8 Å². The number of hydrogen-bond acceptors (Lipinski definition) is 8. The molecule has 0 spiro atoms. The minimum Gasteiger partial charge on any atom is -0.282 e. The van der Waals surface area contributed by atoms with E-state index in [-0.39, 0.29) is 11.4 Å². The zero-order valence-electron chi connectivity index (χ0n) is 10.7. The lowest BCUT2D eigenvalue weighted by Gasteiger charge is -2.01. The highest BCUT2D eigenvalue weighted by Crippen LogP contribution is 2.09. The normalized spacial score (nSPS) is 21.1. The maximum atomic E-state index is 11.2. The van der Waals surface area contributed by atoms with Crippen LogP contribution in [0, 0.1) is 20.2 Å². The Morgan fingerprint density at radius 1 is 0.727 bits per heavy atom. The number of rotatable bonds is 3. The molecule has 0 radical (unpaired) electrons. The molecule has 0 aromatic carbocycles. The van der Waals surface area contributed by atoms with E-state index in [0.717, 1.165) is 24.3 Å². The molecular formula is C12H6N4O6. The van der Waals surface area contributed by atoms with Crippen molar-refractivity contribution in [2.24, 2.45) is 10.2 Å². The summed E-state index contributed by atoms with van der Waals surface area (Å²) in [5, 5.41) is 28.6. The van der Waals surface area contributed by atoms with Crippen molar-refractivity contribution in [3.8, 4) is 0 Å². The highest BCUT2D eigenvalue weighted by atomic mass is 16.6. The summed E-state index contributed by atoms with van der Waals surface area (Å²) < 4.78 is 0. The predicted molar refractivity (Wildman–Crippen MR) is 73.3 cm³/mol. The molecular weight excluding hydrogens is 296 g/mol. The van der Waals surface area contributed by atoms with E-state index in [1.807, 2.05) is 0 Å². The Morgan fingerprint density at radius 2 is 1.09 bits per heavy atom. The van der Waals surface area contributed by atoms with Gasteiger partial charge in [0.05, 0.1) is 21.3 Å². The van der Waals surface area contributed by atoms with Crippen LogP contribution in [0.4, 0.5) is 0 Å². The number of carbonyl (C=O) groups is 2. The van der Waals surface area contributed by atoms with E-state index in [4.69, 9.17) is 0 Å². The molecule has 0 amide bonds. The summed E-state index contributed by atoms with van der Waals surface area (Å²) in [6, 6.07) is 0. The summed E-state index contributed by atoms with van der Waals surface area (Å²) in [4.78, 5) is 42.0. The highest BCUT2D eigenvalue weighted by Gasteiger charge is 2.24. The van der Waals surface area contributed by atoms with Crippen molar-refractivity contribution in [3.05, 3.63) is 68.1 Å². The van der Waals surface area contributed by atoms with Crippen molar-refractivity contribution in [3.63, 3.8) is 0 Å². The molecule has 0 N–H and O–H groups in total. The van der Waals surface area contributed by atoms with Crippen LogP contribution in [-0.4, -0.2) is 32.8 Å². The Kier molecular flexibility index (Phi) is 3.93. The van der Waals surface area contributed by atoms with Crippen LogP contribution >= 0.6 is 0 Å². The van der Waals surface area contributed by atoms with Crippen molar-refractivity contribution in [1.82, 2.24) is 0 Å². The highest BCUT2D eigenvalue weighted by molar-refractivity contribution is 6.20. The molecule has 2 aliphatic rings. The van der Waals surface area contributed by atoms with E-state index >= 15 is 0 Å². The standard InChI is InChI=1S/C12H6N4O6/c17-11-3-1-7(5-9(11)15(19)20)13-14-8-2-4-12(18)10(6-8)16(21)22/h1-6H/b13-7-,14-8-. The molecule has 0 aliphatic heterocycles. The number of ketones is 2. The van der Waals surface area contributed by atoms with E-state index in [2.05, 4.69) is 10.2 Å². The number of nitrogens with zero attached hydrogens (tertiary/aromatic N) is 4. The van der Waals surface area contributed by atoms with Gasteiger partial charge in [0.15, 0.2) is 0 Å². The molecule has 0 aromatic heterocycles. The Morgan fingerprint density at radius 3 is 1.41 bits per heavy atom. The molecule has 0 atom stereocenters. The first-order valence-corrected chi connectivity index (χ1v) is 5.71. The number of nitro groups is 2. The van der Waals surface area contributed by atoms with E-state index in [1.54, 1.807) is 0 Å². The zero-order valence-corrected chi connectivity index (χ0v) is 10.7. The fourth-order valence-corrected chi connectivity index (χ4v) is 1.54. The summed E-state index contributed by atoms with van der Waals surface area (Å²) in [7, 11) is 0. The second-order valence-corrected chi connectivity index (χ2v) is 4.02. The largest absolute Gasteiger partial charge is 0.318 e. The molecule has 0 heterocycles. The van der Waals surface area contributed by atoms with Gasteiger partial charge in [0.25, 0.3) is 11.6 Å². The molecule has 110 valence electrons. The molecule has 0 aromatic rings. The van der Waals surface area contributed by atoms with Gasteiger partial charge >= 0.3 is 11.4 Å². The first-order chi connectivity index (χ1) is 10.4. The Labute approximate surface area is 121 Å². The third-order valence-electron chi connectivity index (χ3n) is 2.56. The van der Waals surface area contributed by atoms with Crippen LogP contribution in [0.3, 0.4) is 0 Å². The lowest BCUT2D eigenvalue weighted by atomic mass is 10.1. The molecule has 10 heteroatoms. The van der Waals surface area contributed by atoms with Gasteiger partial charge < -0.3 is 0 Å². The van der Waals surface area contributed by atoms with E-state index in [0.29, 0.717) is 0 Å². The van der Waals surface area contributed by atoms with Gasteiger partial charge in [-0.15, -0.1) is 0 Å².